The zero-order valence-corrected chi connectivity index (χ0v) is 12.9. The summed E-state index contributed by atoms with van der Waals surface area (Å²) in [6.45, 7) is 6.70. The first-order chi connectivity index (χ1) is 9.01. The quantitative estimate of drug-likeness (QED) is 0.871. The molecule has 0 spiro atoms. The minimum atomic E-state index is -0.614. The lowest BCUT2D eigenvalue weighted by Gasteiger charge is -2.20. The third-order valence-corrected chi connectivity index (χ3v) is 2.88. The average molecular weight is 300 g/mol. The Morgan fingerprint density at radius 2 is 1.80 bits per heavy atom. The molecule has 0 aliphatic rings. The van der Waals surface area contributed by atoms with Gasteiger partial charge in [-0.15, -0.1) is 12.4 Å². The number of hydrogen-bond acceptors (Lipinski definition) is 3. The van der Waals surface area contributed by atoms with Gasteiger partial charge in [0.1, 0.15) is 0 Å². The molecule has 0 radical (unpaired) electrons. The van der Waals surface area contributed by atoms with E-state index in [0.717, 1.165) is 0 Å². The van der Waals surface area contributed by atoms with E-state index in [1.54, 1.807) is 36.1 Å². The van der Waals surface area contributed by atoms with Crippen LogP contribution in [0.5, 0.6) is 0 Å². The number of halogens is 1. The van der Waals surface area contributed by atoms with Crippen LogP contribution in [0, 0.1) is 0 Å². The van der Waals surface area contributed by atoms with Crippen LogP contribution < -0.4 is 11.1 Å². The number of nitrogens with one attached hydrogen (secondary N) is 1. The summed E-state index contributed by atoms with van der Waals surface area (Å²) in [4.78, 5) is 25.7. The van der Waals surface area contributed by atoms with Crippen molar-refractivity contribution in [3.63, 3.8) is 0 Å². The molecule has 0 aliphatic carbocycles. The molecule has 20 heavy (non-hydrogen) atoms. The maximum atomic E-state index is 12.3. The monoisotopic (exact) mass is 299 g/mol. The third kappa shape index (κ3) is 4.51. The summed E-state index contributed by atoms with van der Waals surface area (Å²) in [5.74, 6) is -0.398. The van der Waals surface area contributed by atoms with Crippen LogP contribution in [0.15, 0.2) is 24.3 Å². The summed E-state index contributed by atoms with van der Waals surface area (Å²) in [6, 6.07) is 6.35. The second-order valence-electron chi connectivity index (χ2n) is 4.30. The summed E-state index contributed by atoms with van der Waals surface area (Å²) >= 11 is 0. The van der Waals surface area contributed by atoms with E-state index in [2.05, 4.69) is 5.32 Å². The molecular weight excluding hydrogens is 278 g/mol. The van der Waals surface area contributed by atoms with Gasteiger partial charge in [-0.2, -0.15) is 0 Å². The van der Waals surface area contributed by atoms with Crippen molar-refractivity contribution in [2.24, 2.45) is 5.73 Å². The Balaban J connectivity index is 0.00000361. The van der Waals surface area contributed by atoms with Crippen molar-refractivity contribution < 1.29 is 9.59 Å². The zero-order valence-electron chi connectivity index (χ0n) is 12.1. The first-order valence-corrected chi connectivity index (χ1v) is 6.46. The zero-order chi connectivity index (χ0) is 14.4. The molecule has 0 saturated heterocycles. The maximum absolute atomic E-state index is 12.3. The molecule has 0 bridgehead atoms. The van der Waals surface area contributed by atoms with Crippen LogP contribution in [0.3, 0.4) is 0 Å². The van der Waals surface area contributed by atoms with E-state index in [9.17, 15) is 9.59 Å². The summed E-state index contributed by atoms with van der Waals surface area (Å²) in [5.41, 5.74) is 6.50. The van der Waals surface area contributed by atoms with E-state index in [1.807, 2.05) is 13.8 Å². The second kappa shape index (κ2) is 8.55. The van der Waals surface area contributed by atoms with Crippen LogP contribution in [-0.4, -0.2) is 35.8 Å². The Kier molecular flexibility index (Phi) is 7.87. The van der Waals surface area contributed by atoms with Gasteiger partial charge in [0.15, 0.2) is 0 Å². The summed E-state index contributed by atoms with van der Waals surface area (Å²) in [6.07, 6.45) is 0. The van der Waals surface area contributed by atoms with Crippen molar-refractivity contribution in [2.75, 3.05) is 18.4 Å². The summed E-state index contributed by atoms with van der Waals surface area (Å²) in [7, 11) is 0. The van der Waals surface area contributed by atoms with Crippen LogP contribution in [-0.2, 0) is 4.79 Å². The molecule has 0 fully saturated rings. The molecule has 3 N–H and O–H groups in total. The Hall–Kier alpha value is -1.59. The molecule has 1 aromatic carbocycles. The predicted molar refractivity (Wildman–Crippen MR) is 83.2 cm³/mol. The number of amides is 2. The number of carbonyl (C=O) groups is 2. The average Bonchev–Trinajstić information content (AvgIpc) is 2.40. The molecule has 2 amide bonds. The number of para-hydroxylation sites is 1. The highest BCUT2D eigenvalue weighted by molar-refractivity contribution is 6.04. The van der Waals surface area contributed by atoms with E-state index in [-0.39, 0.29) is 24.2 Å². The van der Waals surface area contributed by atoms with Gasteiger partial charge in [-0.1, -0.05) is 12.1 Å². The molecule has 0 heterocycles. The lowest BCUT2D eigenvalue weighted by Crippen LogP contribution is -2.34. The molecule has 112 valence electrons. The van der Waals surface area contributed by atoms with E-state index in [1.165, 1.54) is 0 Å². The molecule has 5 nitrogen and oxygen atoms in total. The molecule has 0 saturated carbocycles. The van der Waals surface area contributed by atoms with Gasteiger partial charge in [0.25, 0.3) is 5.91 Å². The van der Waals surface area contributed by atoms with Crippen LogP contribution in [0.1, 0.15) is 31.1 Å². The Labute approximate surface area is 125 Å². The third-order valence-electron chi connectivity index (χ3n) is 2.88. The summed E-state index contributed by atoms with van der Waals surface area (Å²) in [5, 5.41) is 2.68. The molecule has 0 aliphatic heterocycles. The van der Waals surface area contributed by atoms with E-state index in [4.69, 9.17) is 5.73 Å². The van der Waals surface area contributed by atoms with Crippen molar-refractivity contribution >= 4 is 29.9 Å². The molecule has 0 aromatic heterocycles. The number of anilines is 1. The normalized spacial score (nSPS) is 11.2. The first kappa shape index (κ1) is 18.4. The number of benzene rings is 1. The van der Waals surface area contributed by atoms with Crippen molar-refractivity contribution in [3.8, 4) is 0 Å². The molecular formula is C14H22ClN3O2. The van der Waals surface area contributed by atoms with Gasteiger partial charge < -0.3 is 16.0 Å². The number of nitrogens with two attached hydrogens (primary N) is 1. The van der Waals surface area contributed by atoms with Gasteiger partial charge in [-0.05, 0) is 32.9 Å². The van der Waals surface area contributed by atoms with E-state index < -0.39 is 6.04 Å². The highest BCUT2D eigenvalue weighted by Crippen LogP contribution is 2.17. The van der Waals surface area contributed by atoms with Crippen molar-refractivity contribution in [1.82, 2.24) is 4.90 Å². The van der Waals surface area contributed by atoms with Crippen LogP contribution in [0.4, 0.5) is 5.69 Å². The Morgan fingerprint density at radius 3 is 2.30 bits per heavy atom. The van der Waals surface area contributed by atoms with Gasteiger partial charge in [0.05, 0.1) is 17.3 Å². The van der Waals surface area contributed by atoms with Gasteiger partial charge in [-0.25, -0.2) is 0 Å². The topological polar surface area (TPSA) is 75.4 Å². The number of rotatable bonds is 5. The second-order valence-corrected chi connectivity index (χ2v) is 4.30. The largest absolute Gasteiger partial charge is 0.339 e. The first-order valence-electron chi connectivity index (χ1n) is 6.46. The minimum absolute atomic E-state index is 0. The predicted octanol–water partition coefficient (Wildman–Crippen LogP) is 1.88. The molecule has 6 heteroatoms. The highest BCUT2D eigenvalue weighted by Gasteiger charge is 2.18. The smallest absolute Gasteiger partial charge is 0.255 e. The van der Waals surface area contributed by atoms with E-state index in [0.29, 0.717) is 24.3 Å². The molecule has 1 rings (SSSR count). The van der Waals surface area contributed by atoms with Gasteiger partial charge in [0, 0.05) is 13.1 Å². The fourth-order valence-electron chi connectivity index (χ4n) is 1.71. The van der Waals surface area contributed by atoms with Gasteiger partial charge in [-0.3, -0.25) is 9.59 Å². The van der Waals surface area contributed by atoms with Gasteiger partial charge in [0.2, 0.25) is 5.91 Å². The number of nitrogens with zero attached hydrogens (tertiary/aromatic N) is 1. The van der Waals surface area contributed by atoms with Gasteiger partial charge >= 0.3 is 0 Å². The fourth-order valence-corrected chi connectivity index (χ4v) is 1.71. The molecule has 1 aromatic rings. The maximum Gasteiger partial charge on any atom is 0.255 e. The van der Waals surface area contributed by atoms with Crippen molar-refractivity contribution in [3.05, 3.63) is 29.8 Å². The lowest BCUT2D eigenvalue weighted by molar-refractivity contribution is -0.117. The number of hydrogen-bond donors (Lipinski definition) is 2. The van der Waals surface area contributed by atoms with Crippen molar-refractivity contribution in [1.29, 1.82) is 0 Å². The van der Waals surface area contributed by atoms with E-state index >= 15 is 0 Å². The van der Waals surface area contributed by atoms with Crippen LogP contribution >= 0.6 is 12.4 Å². The van der Waals surface area contributed by atoms with Crippen LogP contribution in [0.25, 0.3) is 0 Å². The number of carbonyl (C=O) groups excluding carboxylic acids is 2. The Bertz CT molecular complexity index is 459. The van der Waals surface area contributed by atoms with Crippen LogP contribution in [0.2, 0.25) is 0 Å². The van der Waals surface area contributed by atoms with Crippen molar-refractivity contribution in [2.45, 2.75) is 26.8 Å². The Morgan fingerprint density at radius 1 is 1.25 bits per heavy atom. The highest BCUT2D eigenvalue weighted by atomic mass is 35.5. The fraction of sp³-hybridized carbons (Fsp3) is 0.429. The standard InChI is InChI=1S/C14H21N3O2.ClH/c1-4-17(5-2)14(19)11-8-6-7-9-12(11)16-13(18)10(3)15;/h6-10H,4-5,15H2,1-3H3,(H,16,18);1H/t10-;/m0./s1. The SMILES string of the molecule is CCN(CC)C(=O)c1ccccc1NC(=O)[C@H](C)N.Cl. The molecule has 0 unspecified atom stereocenters. The lowest BCUT2D eigenvalue weighted by atomic mass is 10.1. The molecule has 1 atom stereocenters. The minimum Gasteiger partial charge on any atom is -0.339 e. The summed E-state index contributed by atoms with van der Waals surface area (Å²) < 4.78 is 0.